The van der Waals surface area contributed by atoms with Crippen molar-refractivity contribution in [2.24, 2.45) is 11.3 Å². The number of benzene rings is 1. The van der Waals surface area contributed by atoms with Gasteiger partial charge in [-0.1, -0.05) is 38.8 Å². The summed E-state index contributed by atoms with van der Waals surface area (Å²) in [5.74, 6) is 2.66. The molecule has 4 heteroatoms. The van der Waals surface area contributed by atoms with Gasteiger partial charge in [0.2, 0.25) is 0 Å². The molecule has 1 fully saturated rings. The summed E-state index contributed by atoms with van der Waals surface area (Å²) in [6.07, 6.45) is 5.21. The third-order valence-electron chi connectivity index (χ3n) is 4.10. The van der Waals surface area contributed by atoms with Crippen LogP contribution in [0.2, 0.25) is 0 Å². The summed E-state index contributed by atoms with van der Waals surface area (Å²) in [5, 5.41) is 0. The predicted octanol–water partition coefficient (Wildman–Crippen LogP) is 3.16. The van der Waals surface area contributed by atoms with Crippen LogP contribution in [0.3, 0.4) is 0 Å². The first-order chi connectivity index (χ1) is 9.65. The van der Waals surface area contributed by atoms with E-state index in [0.717, 1.165) is 5.56 Å². The Hall–Kier alpha value is -1.31. The molecule has 0 aliphatic carbocycles. The van der Waals surface area contributed by atoms with Crippen molar-refractivity contribution in [3.8, 4) is 12.3 Å². The normalized spacial score (nSPS) is 28.8. The van der Waals surface area contributed by atoms with Gasteiger partial charge < -0.3 is 4.74 Å². The van der Waals surface area contributed by atoms with E-state index < -0.39 is 15.3 Å². The molecule has 0 spiro atoms. The smallest absolute Gasteiger partial charge is 0.184 e. The number of hydrogen-bond acceptors (Lipinski definition) is 3. The zero-order valence-electron chi connectivity index (χ0n) is 13.0. The molecule has 114 valence electrons. The van der Waals surface area contributed by atoms with Crippen LogP contribution >= 0.6 is 0 Å². The SMILES string of the molecule is C#Cc1ccc(C2OC(C)C(C(C)(C)C)CS2(=O)=O)cc1. The van der Waals surface area contributed by atoms with E-state index in [1.165, 1.54) is 0 Å². The number of ether oxygens (including phenoxy) is 1. The van der Waals surface area contributed by atoms with Crippen LogP contribution in [0.15, 0.2) is 24.3 Å². The topological polar surface area (TPSA) is 43.4 Å². The van der Waals surface area contributed by atoms with Gasteiger partial charge in [0.05, 0.1) is 11.9 Å². The summed E-state index contributed by atoms with van der Waals surface area (Å²) in [4.78, 5) is 0. The molecule has 0 saturated carbocycles. The molecule has 3 unspecified atom stereocenters. The molecule has 1 aliphatic rings. The van der Waals surface area contributed by atoms with Crippen LogP contribution in [-0.2, 0) is 14.6 Å². The Bertz CT molecular complexity index is 645. The van der Waals surface area contributed by atoms with Crippen molar-refractivity contribution in [1.82, 2.24) is 0 Å². The summed E-state index contributed by atoms with van der Waals surface area (Å²) < 4.78 is 31.0. The highest BCUT2D eigenvalue weighted by molar-refractivity contribution is 7.91. The van der Waals surface area contributed by atoms with E-state index in [4.69, 9.17) is 11.2 Å². The molecule has 21 heavy (non-hydrogen) atoms. The number of hydrogen-bond donors (Lipinski definition) is 0. The first kappa shape index (κ1) is 16.1. The summed E-state index contributed by atoms with van der Waals surface area (Å²) in [5.41, 5.74) is 0.379. The van der Waals surface area contributed by atoms with Crippen LogP contribution < -0.4 is 0 Å². The molecule has 0 N–H and O–H groups in total. The van der Waals surface area contributed by atoms with Crippen LogP contribution in [0.1, 0.15) is 44.3 Å². The third kappa shape index (κ3) is 3.30. The molecule has 0 radical (unpaired) electrons. The molecule has 0 bridgehead atoms. The van der Waals surface area contributed by atoms with Crippen LogP contribution in [0.4, 0.5) is 0 Å². The van der Waals surface area contributed by atoms with Crippen LogP contribution in [0, 0.1) is 23.7 Å². The van der Waals surface area contributed by atoms with E-state index in [2.05, 4.69) is 26.7 Å². The van der Waals surface area contributed by atoms with Crippen molar-refractivity contribution in [1.29, 1.82) is 0 Å². The van der Waals surface area contributed by atoms with E-state index in [0.29, 0.717) is 5.56 Å². The minimum Gasteiger partial charge on any atom is -0.354 e. The van der Waals surface area contributed by atoms with Gasteiger partial charge in [-0.25, -0.2) is 8.42 Å². The number of terminal acetylenes is 1. The Labute approximate surface area is 127 Å². The summed E-state index contributed by atoms with van der Waals surface area (Å²) in [7, 11) is -3.34. The maximum absolute atomic E-state index is 12.6. The Morgan fingerprint density at radius 2 is 1.81 bits per heavy atom. The predicted molar refractivity (Wildman–Crippen MR) is 84.4 cm³/mol. The average molecular weight is 306 g/mol. The van der Waals surface area contributed by atoms with Gasteiger partial charge in [-0.3, -0.25) is 0 Å². The van der Waals surface area contributed by atoms with Gasteiger partial charge >= 0.3 is 0 Å². The Balaban J connectivity index is 2.32. The number of rotatable bonds is 1. The fourth-order valence-electron chi connectivity index (χ4n) is 2.82. The zero-order valence-corrected chi connectivity index (χ0v) is 13.8. The molecule has 0 aromatic heterocycles. The lowest BCUT2D eigenvalue weighted by Crippen LogP contribution is -2.44. The molecule has 3 atom stereocenters. The summed E-state index contributed by atoms with van der Waals surface area (Å²) in [6, 6.07) is 6.96. The maximum atomic E-state index is 12.6. The fraction of sp³-hybridized carbons (Fsp3) is 0.529. The molecule has 3 nitrogen and oxygen atoms in total. The van der Waals surface area contributed by atoms with Crippen molar-refractivity contribution < 1.29 is 13.2 Å². The van der Waals surface area contributed by atoms with E-state index in [1.807, 2.05) is 6.92 Å². The third-order valence-corrected chi connectivity index (χ3v) is 5.96. The van der Waals surface area contributed by atoms with Gasteiger partial charge in [-0.2, -0.15) is 0 Å². The molecule has 1 heterocycles. The van der Waals surface area contributed by atoms with Gasteiger partial charge in [-0.15, -0.1) is 6.42 Å². The number of sulfone groups is 1. The highest BCUT2D eigenvalue weighted by Gasteiger charge is 2.44. The van der Waals surface area contributed by atoms with E-state index in [1.54, 1.807) is 24.3 Å². The minimum absolute atomic E-state index is 0.0104. The molecule has 1 saturated heterocycles. The van der Waals surface area contributed by atoms with Gasteiger partial charge in [0.1, 0.15) is 0 Å². The first-order valence-electron chi connectivity index (χ1n) is 7.09. The summed E-state index contributed by atoms with van der Waals surface area (Å²) in [6.45, 7) is 8.10. The van der Waals surface area contributed by atoms with Gasteiger partial charge in [0.25, 0.3) is 0 Å². The molecule has 1 aliphatic heterocycles. The maximum Gasteiger partial charge on any atom is 0.184 e. The van der Waals surface area contributed by atoms with Crippen LogP contribution in [0.25, 0.3) is 0 Å². The lowest BCUT2D eigenvalue weighted by atomic mass is 9.79. The minimum atomic E-state index is -3.34. The zero-order chi connectivity index (χ0) is 15.8. The Morgan fingerprint density at radius 3 is 2.29 bits per heavy atom. The van der Waals surface area contributed by atoms with E-state index in [-0.39, 0.29) is 23.2 Å². The standard InChI is InChI=1S/C17H22O3S/c1-6-13-7-9-14(10-8-13)16-20-12(2)15(17(3,4)5)11-21(16,18)19/h1,7-10,12,15-16H,11H2,2-5H3. The second-order valence-corrected chi connectivity index (χ2v) is 8.83. The average Bonchev–Trinajstić information content (AvgIpc) is 2.40. The van der Waals surface area contributed by atoms with E-state index in [9.17, 15) is 8.42 Å². The molecular weight excluding hydrogens is 284 g/mol. The van der Waals surface area contributed by atoms with Crippen LogP contribution in [-0.4, -0.2) is 20.3 Å². The molecule has 1 aromatic carbocycles. The first-order valence-corrected chi connectivity index (χ1v) is 8.80. The lowest BCUT2D eigenvalue weighted by molar-refractivity contribution is -0.0345. The van der Waals surface area contributed by atoms with Gasteiger partial charge in [-0.05, 0) is 30.0 Å². The highest BCUT2D eigenvalue weighted by Crippen LogP contribution is 2.41. The van der Waals surface area contributed by atoms with Crippen molar-refractivity contribution in [3.63, 3.8) is 0 Å². The van der Waals surface area contributed by atoms with Gasteiger partial charge in [0.15, 0.2) is 15.3 Å². The highest BCUT2D eigenvalue weighted by atomic mass is 32.2. The lowest BCUT2D eigenvalue weighted by Gasteiger charge is -2.41. The molecule has 1 aromatic rings. The van der Waals surface area contributed by atoms with Crippen molar-refractivity contribution in [2.45, 2.75) is 39.2 Å². The largest absolute Gasteiger partial charge is 0.354 e. The Kier molecular flexibility index (Phi) is 4.19. The molecular formula is C17H22O3S. The molecule has 2 rings (SSSR count). The van der Waals surface area contributed by atoms with Crippen molar-refractivity contribution in [2.75, 3.05) is 5.75 Å². The quantitative estimate of drug-likeness (QED) is 0.749. The second kappa shape index (κ2) is 5.47. The van der Waals surface area contributed by atoms with E-state index >= 15 is 0 Å². The Morgan fingerprint density at radius 1 is 1.24 bits per heavy atom. The van der Waals surface area contributed by atoms with Crippen LogP contribution in [0.5, 0.6) is 0 Å². The fourth-order valence-corrected chi connectivity index (χ4v) is 5.19. The monoisotopic (exact) mass is 306 g/mol. The molecule has 0 amide bonds. The summed E-state index contributed by atoms with van der Waals surface area (Å²) >= 11 is 0. The van der Waals surface area contributed by atoms with Gasteiger partial charge in [0, 0.05) is 11.5 Å². The van der Waals surface area contributed by atoms with Crippen molar-refractivity contribution in [3.05, 3.63) is 35.4 Å². The van der Waals surface area contributed by atoms with Crippen molar-refractivity contribution >= 4 is 9.84 Å². The second-order valence-electron chi connectivity index (χ2n) is 6.74.